The summed E-state index contributed by atoms with van der Waals surface area (Å²) in [5.41, 5.74) is 0.226. The Hall–Kier alpha value is -2.98. The number of nitrogens with zero attached hydrogens (tertiary/aromatic N) is 1. The standard InChI is InChI=1S/C18H17F2N3O2/c1-2-12-8-15(19)17(16(20)9-12)23-18(25)22-10-13(11-24)7-14-5-3-4-6-21-14/h1,3-6,8-9,13,24H,7,10-11H2,(H2,22,23,25). The average Bonchev–Trinajstić information content (AvgIpc) is 2.62. The van der Waals surface area contributed by atoms with Gasteiger partial charge in [0.2, 0.25) is 0 Å². The second-order valence-electron chi connectivity index (χ2n) is 5.37. The third-order valence-electron chi connectivity index (χ3n) is 3.48. The molecule has 0 spiro atoms. The molecular weight excluding hydrogens is 328 g/mol. The number of urea groups is 1. The molecule has 5 nitrogen and oxygen atoms in total. The second kappa shape index (κ2) is 8.76. The predicted molar refractivity (Wildman–Crippen MR) is 89.8 cm³/mol. The van der Waals surface area contributed by atoms with Crippen molar-refractivity contribution in [2.24, 2.45) is 5.92 Å². The third-order valence-corrected chi connectivity index (χ3v) is 3.48. The SMILES string of the molecule is C#Cc1cc(F)c(NC(=O)NCC(CO)Cc2ccccn2)c(F)c1. The molecule has 0 radical (unpaired) electrons. The average molecular weight is 345 g/mol. The minimum Gasteiger partial charge on any atom is -0.396 e. The fourth-order valence-corrected chi connectivity index (χ4v) is 2.19. The van der Waals surface area contributed by atoms with Crippen LogP contribution in [0, 0.1) is 29.9 Å². The van der Waals surface area contributed by atoms with Crippen LogP contribution in [0.3, 0.4) is 0 Å². The first-order chi connectivity index (χ1) is 12.0. The smallest absolute Gasteiger partial charge is 0.319 e. The topological polar surface area (TPSA) is 74.2 Å². The zero-order valence-corrected chi connectivity index (χ0v) is 13.3. The Morgan fingerprint density at radius 3 is 2.60 bits per heavy atom. The summed E-state index contributed by atoms with van der Waals surface area (Å²) in [6.07, 6.45) is 7.18. The normalized spacial score (nSPS) is 11.4. The molecule has 0 aliphatic carbocycles. The summed E-state index contributed by atoms with van der Waals surface area (Å²) in [4.78, 5) is 16.0. The lowest BCUT2D eigenvalue weighted by atomic mass is 10.0. The largest absolute Gasteiger partial charge is 0.396 e. The van der Waals surface area contributed by atoms with Crippen LogP contribution >= 0.6 is 0 Å². The molecule has 130 valence electrons. The Morgan fingerprint density at radius 2 is 2.04 bits per heavy atom. The minimum atomic E-state index is -0.963. The highest BCUT2D eigenvalue weighted by molar-refractivity contribution is 5.89. The molecule has 7 heteroatoms. The van der Waals surface area contributed by atoms with E-state index in [9.17, 15) is 18.7 Å². The molecule has 0 saturated heterocycles. The first-order valence-electron chi connectivity index (χ1n) is 7.54. The molecule has 25 heavy (non-hydrogen) atoms. The predicted octanol–water partition coefficient (Wildman–Crippen LogP) is 2.31. The lowest BCUT2D eigenvalue weighted by molar-refractivity contribution is 0.217. The molecule has 1 aromatic heterocycles. The summed E-state index contributed by atoms with van der Waals surface area (Å²) in [6, 6.07) is 6.53. The maximum atomic E-state index is 13.8. The van der Waals surface area contributed by atoms with Gasteiger partial charge in [0.25, 0.3) is 0 Å². The third kappa shape index (κ3) is 5.26. The zero-order chi connectivity index (χ0) is 18.2. The number of hydrogen-bond acceptors (Lipinski definition) is 3. The van der Waals surface area contributed by atoms with Gasteiger partial charge in [0.1, 0.15) is 5.69 Å². The van der Waals surface area contributed by atoms with Crippen molar-refractivity contribution in [2.75, 3.05) is 18.5 Å². The van der Waals surface area contributed by atoms with Crippen molar-refractivity contribution in [1.82, 2.24) is 10.3 Å². The molecule has 0 saturated carbocycles. The Kier molecular flexibility index (Phi) is 6.43. The van der Waals surface area contributed by atoms with E-state index in [1.165, 1.54) is 0 Å². The molecule has 1 atom stereocenters. The molecule has 2 rings (SSSR count). The van der Waals surface area contributed by atoms with Crippen LogP contribution in [0.5, 0.6) is 0 Å². The van der Waals surface area contributed by atoms with Crippen LogP contribution in [0.1, 0.15) is 11.3 Å². The molecule has 1 unspecified atom stereocenters. The maximum Gasteiger partial charge on any atom is 0.319 e. The fourth-order valence-electron chi connectivity index (χ4n) is 2.19. The van der Waals surface area contributed by atoms with Gasteiger partial charge in [-0.3, -0.25) is 4.98 Å². The number of terminal acetylenes is 1. The summed E-state index contributed by atoms with van der Waals surface area (Å²) in [6.45, 7) is -0.0545. The lowest BCUT2D eigenvalue weighted by Crippen LogP contribution is -2.35. The Morgan fingerprint density at radius 1 is 1.32 bits per heavy atom. The van der Waals surface area contributed by atoms with E-state index in [2.05, 4.69) is 21.5 Å². The number of carbonyl (C=O) groups is 1. The summed E-state index contributed by atoms with van der Waals surface area (Å²) < 4.78 is 27.6. The van der Waals surface area contributed by atoms with Gasteiger partial charge in [-0.05, 0) is 30.7 Å². The number of aliphatic hydroxyl groups excluding tert-OH is 1. The highest BCUT2D eigenvalue weighted by Crippen LogP contribution is 2.20. The molecular formula is C18H17F2N3O2. The van der Waals surface area contributed by atoms with E-state index in [0.29, 0.717) is 6.42 Å². The fraction of sp³-hybridized carbons (Fsp3) is 0.222. The van der Waals surface area contributed by atoms with Crippen LogP contribution in [-0.4, -0.2) is 29.3 Å². The van der Waals surface area contributed by atoms with Gasteiger partial charge < -0.3 is 15.7 Å². The van der Waals surface area contributed by atoms with E-state index in [1.54, 1.807) is 18.3 Å². The van der Waals surface area contributed by atoms with Gasteiger partial charge in [0.05, 0.1) is 0 Å². The first kappa shape index (κ1) is 18.4. The van der Waals surface area contributed by atoms with Gasteiger partial charge in [-0.25, -0.2) is 13.6 Å². The monoisotopic (exact) mass is 345 g/mol. The van der Waals surface area contributed by atoms with Crippen LogP contribution in [-0.2, 0) is 6.42 Å². The Bertz CT molecular complexity index is 753. The van der Waals surface area contributed by atoms with Gasteiger partial charge in [-0.2, -0.15) is 0 Å². The Labute approximate surface area is 144 Å². The van der Waals surface area contributed by atoms with Crippen molar-refractivity contribution >= 4 is 11.7 Å². The number of benzene rings is 1. The maximum absolute atomic E-state index is 13.8. The molecule has 0 aliphatic rings. The van der Waals surface area contributed by atoms with Crippen LogP contribution in [0.4, 0.5) is 19.3 Å². The number of halogens is 2. The van der Waals surface area contributed by atoms with E-state index < -0.39 is 23.4 Å². The number of pyridine rings is 1. The van der Waals surface area contributed by atoms with Crippen molar-refractivity contribution in [3.63, 3.8) is 0 Å². The zero-order valence-electron chi connectivity index (χ0n) is 13.3. The summed E-state index contributed by atoms with van der Waals surface area (Å²) in [7, 11) is 0. The van der Waals surface area contributed by atoms with Crippen LogP contribution in [0.2, 0.25) is 0 Å². The molecule has 0 fully saturated rings. The van der Waals surface area contributed by atoms with E-state index >= 15 is 0 Å². The number of aromatic nitrogens is 1. The number of anilines is 1. The number of carbonyl (C=O) groups excluding carboxylic acids is 1. The van der Waals surface area contributed by atoms with Crippen molar-refractivity contribution in [1.29, 1.82) is 0 Å². The van der Waals surface area contributed by atoms with E-state index in [1.807, 2.05) is 6.07 Å². The van der Waals surface area contributed by atoms with E-state index in [0.717, 1.165) is 17.8 Å². The number of amides is 2. The van der Waals surface area contributed by atoms with Crippen LogP contribution in [0.15, 0.2) is 36.5 Å². The lowest BCUT2D eigenvalue weighted by Gasteiger charge is -2.15. The second-order valence-corrected chi connectivity index (χ2v) is 5.37. The first-order valence-corrected chi connectivity index (χ1v) is 7.54. The van der Waals surface area contributed by atoms with Gasteiger partial charge in [0.15, 0.2) is 11.6 Å². The van der Waals surface area contributed by atoms with Gasteiger partial charge in [-0.15, -0.1) is 6.42 Å². The van der Waals surface area contributed by atoms with Crippen molar-refractivity contribution < 1.29 is 18.7 Å². The number of aliphatic hydroxyl groups is 1. The van der Waals surface area contributed by atoms with E-state index in [-0.39, 0.29) is 24.6 Å². The number of nitrogens with one attached hydrogen (secondary N) is 2. The highest BCUT2D eigenvalue weighted by Gasteiger charge is 2.15. The van der Waals surface area contributed by atoms with Crippen molar-refractivity contribution in [3.8, 4) is 12.3 Å². The molecule has 1 aromatic carbocycles. The van der Waals surface area contributed by atoms with Gasteiger partial charge in [0, 0.05) is 36.5 Å². The quantitative estimate of drug-likeness (QED) is 0.704. The number of hydrogen-bond donors (Lipinski definition) is 3. The highest BCUT2D eigenvalue weighted by atomic mass is 19.1. The van der Waals surface area contributed by atoms with Crippen molar-refractivity contribution in [3.05, 3.63) is 59.4 Å². The minimum absolute atomic E-state index is 0.0386. The summed E-state index contributed by atoms with van der Waals surface area (Å²) >= 11 is 0. The van der Waals surface area contributed by atoms with Gasteiger partial charge >= 0.3 is 6.03 Å². The number of rotatable bonds is 6. The van der Waals surface area contributed by atoms with Gasteiger partial charge in [-0.1, -0.05) is 12.0 Å². The molecule has 2 aromatic rings. The van der Waals surface area contributed by atoms with E-state index in [4.69, 9.17) is 6.42 Å². The summed E-state index contributed by atoms with van der Waals surface area (Å²) in [5.74, 6) is -0.0860. The molecule has 1 heterocycles. The van der Waals surface area contributed by atoms with Crippen LogP contribution in [0.25, 0.3) is 0 Å². The molecule has 3 N–H and O–H groups in total. The summed E-state index contributed by atoms with van der Waals surface area (Å²) in [5, 5.41) is 14.0. The molecule has 0 bridgehead atoms. The van der Waals surface area contributed by atoms with Crippen molar-refractivity contribution in [2.45, 2.75) is 6.42 Å². The molecule has 2 amide bonds. The molecule has 0 aliphatic heterocycles. The Balaban J connectivity index is 1.93. The van der Waals surface area contributed by atoms with Crippen LogP contribution < -0.4 is 10.6 Å².